The zero-order valence-electron chi connectivity index (χ0n) is 10.2. The molecule has 1 aromatic rings. The fourth-order valence-electron chi connectivity index (χ4n) is 1.87. The Morgan fingerprint density at radius 3 is 2.72 bits per heavy atom. The lowest BCUT2D eigenvalue weighted by Crippen LogP contribution is -2.41. The second-order valence-electron chi connectivity index (χ2n) is 4.14. The lowest BCUT2D eigenvalue weighted by Gasteiger charge is -2.24. The van der Waals surface area contributed by atoms with Gasteiger partial charge in [-0.2, -0.15) is 4.31 Å². The SMILES string of the molecule is CNCc1cc(S(=O)(=O)N2CCS(=O)CC2)c[nH]1. The molecule has 0 saturated carbocycles. The monoisotopic (exact) mass is 291 g/mol. The molecule has 0 bridgehead atoms. The van der Waals surface area contributed by atoms with E-state index in [-0.39, 0.29) is 4.90 Å². The molecule has 2 heterocycles. The number of H-pyrrole nitrogens is 1. The van der Waals surface area contributed by atoms with Crippen LogP contribution >= 0.6 is 0 Å². The molecule has 1 fully saturated rings. The van der Waals surface area contributed by atoms with Crippen molar-refractivity contribution in [3.8, 4) is 0 Å². The average Bonchev–Trinajstić information content (AvgIpc) is 2.79. The number of hydrogen-bond acceptors (Lipinski definition) is 4. The molecule has 1 aliphatic heterocycles. The Morgan fingerprint density at radius 2 is 2.11 bits per heavy atom. The molecule has 0 radical (unpaired) electrons. The van der Waals surface area contributed by atoms with Crippen molar-refractivity contribution in [3.63, 3.8) is 0 Å². The highest BCUT2D eigenvalue weighted by molar-refractivity contribution is 7.89. The van der Waals surface area contributed by atoms with E-state index in [4.69, 9.17) is 0 Å². The summed E-state index contributed by atoms with van der Waals surface area (Å²) in [4.78, 5) is 3.21. The smallest absolute Gasteiger partial charge is 0.244 e. The fraction of sp³-hybridized carbons (Fsp3) is 0.600. The molecule has 0 aliphatic carbocycles. The Bertz CT molecular complexity index is 528. The van der Waals surface area contributed by atoms with E-state index >= 15 is 0 Å². The van der Waals surface area contributed by atoms with Gasteiger partial charge in [0, 0.05) is 53.8 Å². The first-order chi connectivity index (χ1) is 8.54. The molecule has 1 saturated heterocycles. The summed E-state index contributed by atoms with van der Waals surface area (Å²) in [5.74, 6) is 0.847. The highest BCUT2D eigenvalue weighted by Gasteiger charge is 2.28. The summed E-state index contributed by atoms with van der Waals surface area (Å²) in [6.45, 7) is 1.27. The predicted octanol–water partition coefficient (Wildman–Crippen LogP) is -0.513. The maximum atomic E-state index is 12.3. The van der Waals surface area contributed by atoms with Crippen molar-refractivity contribution in [2.75, 3.05) is 31.6 Å². The molecule has 18 heavy (non-hydrogen) atoms. The number of aromatic amines is 1. The Hall–Kier alpha value is -0.700. The van der Waals surface area contributed by atoms with Crippen LogP contribution in [0.2, 0.25) is 0 Å². The van der Waals surface area contributed by atoms with Gasteiger partial charge in [0.15, 0.2) is 0 Å². The first-order valence-electron chi connectivity index (χ1n) is 5.71. The maximum Gasteiger partial charge on any atom is 0.244 e. The molecule has 1 aliphatic rings. The van der Waals surface area contributed by atoms with E-state index in [9.17, 15) is 12.6 Å². The van der Waals surface area contributed by atoms with E-state index in [0.29, 0.717) is 31.1 Å². The van der Waals surface area contributed by atoms with Gasteiger partial charge in [0.05, 0.1) is 4.90 Å². The molecule has 0 atom stereocenters. The van der Waals surface area contributed by atoms with E-state index in [1.807, 2.05) is 0 Å². The van der Waals surface area contributed by atoms with E-state index in [2.05, 4.69) is 10.3 Å². The molecule has 0 aromatic carbocycles. The van der Waals surface area contributed by atoms with E-state index in [1.54, 1.807) is 13.1 Å². The first-order valence-corrected chi connectivity index (χ1v) is 8.64. The van der Waals surface area contributed by atoms with Gasteiger partial charge in [0.2, 0.25) is 10.0 Å². The minimum absolute atomic E-state index is 0.278. The summed E-state index contributed by atoms with van der Waals surface area (Å²) in [5, 5.41) is 2.95. The molecule has 0 amide bonds. The van der Waals surface area contributed by atoms with Crippen molar-refractivity contribution >= 4 is 20.8 Å². The third kappa shape index (κ3) is 2.82. The largest absolute Gasteiger partial charge is 0.363 e. The molecular weight excluding hydrogens is 274 g/mol. The van der Waals surface area contributed by atoms with Crippen molar-refractivity contribution in [2.24, 2.45) is 0 Å². The summed E-state index contributed by atoms with van der Waals surface area (Å²) in [6.07, 6.45) is 1.51. The van der Waals surface area contributed by atoms with Gasteiger partial charge in [-0.05, 0) is 13.1 Å². The van der Waals surface area contributed by atoms with Crippen LogP contribution in [0.5, 0.6) is 0 Å². The Balaban J connectivity index is 2.16. The van der Waals surface area contributed by atoms with Crippen LogP contribution in [0.1, 0.15) is 5.69 Å². The molecule has 8 heteroatoms. The minimum atomic E-state index is -3.44. The number of aromatic nitrogens is 1. The standard InChI is InChI=1S/C10H17N3O3S2/c1-11-7-9-6-10(8-12-9)18(15,16)13-2-4-17(14)5-3-13/h6,8,11-12H,2-5,7H2,1H3. The second kappa shape index (κ2) is 5.52. The van der Waals surface area contributed by atoms with Crippen molar-refractivity contribution in [1.29, 1.82) is 0 Å². The molecule has 2 rings (SSSR count). The molecule has 0 spiro atoms. The molecule has 1 aromatic heterocycles. The van der Waals surface area contributed by atoms with Crippen molar-refractivity contribution < 1.29 is 12.6 Å². The third-order valence-electron chi connectivity index (χ3n) is 2.86. The second-order valence-corrected chi connectivity index (χ2v) is 7.78. The number of hydrogen-bond donors (Lipinski definition) is 2. The summed E-state index contributed by atoms with van der Waals surface area (Å²) in [5.41, 5.74) is 0.830. The molecular formula is C10H17N3O3S2. The van der Waals surface area contributed by atoms with Crippen molar-refractivity contribution in [2.45, 2.75) is 11.4 Å². The van der Waals surface area contributed by atoms with E-state index in [0.717, 1.165) is 5.69 Å². The predicted molar refractivity (Wildman–Crippen MR) is 70.2 cm³/mol. The van der Waals surface area contributed by atoms with Gasteiger partial charge in [0.1, 0.15) is 0 Å². The van der Waals surface area contributed by atoms with Crippen LogP contribution in [0.4, 0.5) is 0 Å². The van der Waals surface area contributed by atoms with Gasteiger partial charge < -0.3 is 10.3 Å². The Labute approximate surface area is 109 Å². The quantitative estimate of drug-likeness (QED) is 0.782. The van der Waals surface area contributed by atoms with Crippen LogP contribution < -0.4 is 5.32 Å². The summed E-state index contributed by atoms with van der Waals surface area (Å²) >= 11 is 0. The van der Waals surface area contributed by atoms with Crippen LogP contribution in [-0.2, 0) is 27.4 Å². The Morgan fingerprint density at radius 1 is 1.44 bits per heavy atom. The summed E-state index contributed by atoms with van der Waals surface area (Å²) in [7, 11) is -2.52. The third-order valence-corrected chi connectivity index (χ3v) is 6.01. The number of nitrogens with one attached hydrogen (secondary N) is 2. The molecule has 6 nitrogen and oxygen atoms in total. The van der Waals surface area contributed by atoms with Crippen LogP contribution in [0.3, 0.4) is 0 Å². The fourth-order valence-corrected chi connectivity index (χ4v) is 4.61. The lowest BCUT2D eigenvalue weighted by atomic mass is 10.4. The highest BCUT2D eigenvalue weighted by atomic mass is 32.2. The van der Waals surface area contributed by atoms with E-state index < -0.39 is 20.8 Å². The minimum Gasteiger partial charge on any atom is -0.363 e. The number of nitrogens with zero attached hydrogens (tertiary/aromatic N) is 1. The topological polar surface area (TPSA) is 82.3 Å². The van der Waals surface area contributed by atoms with Crippen LogP contribution in [0, 0.1) is 0 Å². The van der Waals surface area contributed by atoms with E-state index in [1.165, 1.54) is 10.5 Å². The molecule has 0 unspecified atom stereocenters. The van der Waals surface area contributed by atoms with Crippen LogP contribution in [-0.4, -0.2) is 53.6 Å². The van der Waals surface area contributed by atoms with Gasteiger partial charge in [-0.15, -0.1) is 0 Å². The van der Waals surface area contributed by atoms with Gasteiger partial charge in [0.25, 0.3) is 0 Å². The van der Waals surface area contributed by atoms with Crippen molar-refractivity contribution in [1.82, 2.24) is 14.6 Å². The van der Waals surface area contributed by atoms with Crippen LogP contribution in [0.25, 0.3) is 0 Å². The number of sulfonamides is 1. The molecule has 2 N–H and O–H groups in total. The average molecular weight is 291 g/mol. The Kier molecular flexibility index (Phi) is 4.21. The summed E-state index contributed by atoms with van der Waals surface area (Å²) < 4.78 is 37.2. The van der Waals surface area contributed by atoms with Gasteiger partial charge in [-0.3, -0.25) is 4.21 Å². The first kappa shape index (κ1) is 13.7. The van der Waals surface area contributed by atoms with Crippen LogP contribution in [0.15, 0.2) is 17.2 Å². The number of rotatable bonds is 4. The summed E-state index contributed by atoms with van der Waals surface area (Å²) in [6, 6.07) is 1.64. The zero-order chi connectivity index (χ0) is 13.2. The van der Waals surface area contributed by atoms with Gasteiger partial charge >= 0.3 is 0 Å². The highest BCUT2D eigenvalue weighted by Crippen LogP contribution is 2.18. The molecule has 102 valence electrons. The van der Waals surface area contributed by atoms with Gasteiger partial charge in [-0.1, -0.05) is 0 Å². The van der Waals surface area contributed by atoms with Gasteiger partial charge in [-0.25, -0.2) is 8.42 Å². The van der Waals surface area contributed by atoms with Crippen molar-refractivity contribution in [3.05, 3.63) is 18.0 Å². The maximum absolute atomic E-state index is 12.3. The zero-order valence-corrected chi connectivity index (χ0v) is 11.8. The normalized spacial score (nSPS) is 19.2. The lowest BCUT2D eigenvalue weighted by molar-refractivity contribution is 0.439.